The summed E-state index contributed by atoms with van der Waals surface area (Å²) in [7, 11) is 0. The quantitative estimate of drug-likeness (QED) is 0.364. The predicted octanol–water partition coefficient (Wildman–Crippen LogP) is 6.09. The van der Waals surface area contributed by atoms with Crippen LogP contribution in [0, 0.1) is 17.5 Å². The Labute approximate surface area is 213 Å². The lowest BCUT2D eigenvalue weighted by Gasteiger charge is -2.43. The van der Waals surface area contributed by atoms with Gasteiger partial charge in [0, 0.05) is 66.5 Å². The maximum absolute atomic E-state index is 15.7. The molecule has 0 spiro atoms. The molecular weight excluding hydrogens is 489 g/mol. The predicted molar refractivity (Wildman–Crippen MR) is 133 cm³/mol. The van der Waals surface area contributed by atoms with Crippen LogP contribution in [0.15, 0.2) is 30.3 Å². The lowest BCUT2D eigenvalue weighted by Crippen LogP contribution is -2.53. The summed E-state index contributed by atoms with van der Waals surface area (Å²) >= 11 is 0. The van der Waals surface area contributed by atoms with E-state index in [9.17, 15) is 13.2 Å². The summed E-state index contributed by atoms with van der Waals surface area (Å²) in [6.45, 7) is 6.09. The van der Waals surface area contributed by atoms with Crippen LogP contribution in [0.1, 0.15) is 50.1 Å². The zero-order chi connectivity index (χ0) is 26.5. The van der Waals surface area contributed by atoms with E-state index in [-0.39, 0.29) is 36.7 Å². The Morgan fingerprint density at radius 3 is 2.43 bits per heavy atom. The molecular formula is C28H32F5N3O. The number of aromatic amines is 1. The van der Waals surface area contributed by atoms with Gasteiger partial charge >= 0.3 is 0 Å². The van der Waals surface area contributed by atoms with Crippen LogP contribution >= 0.6 is 0 Å². The minimum absolute atomic E-state index is 0.0457. The molecule has 0 amide bonds. The van der Waals surface area contributed by atoms with Crippen molar-refractivity contribution in [3.05, 3.63) is 64.6 Å². The van der Waals surface area contributed by atoms with Gasteiger partial charge in [0.15, 0.2) is 0 Å². The number of nitrogens with zero attached hydrogens (tertiary/aromatic N) is 2. The zero-order valence-electron chi connectivity index (χ0n) is 21.3. The number of aromatic nitrogens is 1. The summed E-state index contributed by atoms with van der Waals surface area (Å²) in [6, 6.07) is 5.51. The van der Waals surface area contributed by atoms with Gasteiger partial charge in [-0.3, -0.25) is 14.2 Å². The lowest BCUT2D eigenvalue weighted by molar-refractivity contribution is 0.0179. The standard InChI is InChI=1S/C28H32F5N3O/c1-16-9-21-20-10-17(30)5-6-24(20)34-26(21)27(36(16)15-28(2,3)33)25-22(31)11-18(12-23(25)32)37-19-13-35(14-19)8-4-7-29/h5-6,10-12,16,19,27,34H,4,7-9,13-15H2,1-3H3/t16-,27-/m1/s1. The van der Waals surface area contributed by atoms with Gasteiger partial charge in [-0.25, -0.2) is 17.6 Å². The SMILES string of the molecule is C[C@@H]1Cc2c([nH]c3ccc(F)cc23)[C@@H](c2c(F)cc(OC3CN(CCCF)C3)cc2F)N1CC(C)(C)F. The van der Waals surface area contributed by atoms with Gasteiger partial charge in [-0.2, -0.15) is 0 Å². The first-order valence-corrected chi connectivity index (χ1v) is 12.7. The summed E-state index contributed by atoms with van der Waals surface area (Å²) in [4.78, 5) is 7.03. The van der Waals surface area contributed by atoms with E-state index in [2.05, 4.69) is 4.98 Å². The molecule has 200 valence electrons. The fourth-order valence-electron chi connectivity index (χ4n) is 5.66. The number of alkyl halides is 2. The van der Waals surface area contributed by atoms with E-state index in [1.165, 1.54) is 38.1 Å². The van der Waals surface area contributed by atoms with Gasteiger partial charge < -0.3 is 9.72 Å². The smallest absolute Gasteiger partial charge is 0.135 e. The van der Waals surface area contributed by atoms with Crippen LogP contribution in [0.2, 0.25) is 0 Å². The molecule has 1 saturated heterocycles. The molecule has 0 aliphatic carbocycles. The number of nitrogens with one attached hydrogen (secondary N) is 1. The van der Waals surface area contributed by atoms with Crippen LogP contribution in [0.4, 0.5) is 22.0 Å². The van der Waals surface area contributed by atoms with Crippen molar-refractivity contribution in [3.63, 3.8) is 0 Å². The summed E-state index contributed by atoms with van der Waals surface area (Å²) < 4.78 is 78.5. The molecule has 5 rings (SSSR count). The largest absolute Gasteiger partial charge is 0.488 e. The number of hydrogen-bond acceptors (Lipinski definition) is 3. The highest BCUT2D eigenvalue weighted by Crippen LogP contribution is 2.44. The molecule has 3 aromatic rings. The van der Waals surface area contributed by atoms with Gasteiger partial charge in [0.25, 0.3) is 0 Å². The third-order valence-electron chi connectivity index (χ3n) is 7.29. The molecule has 0 bridgehead atoms. The van der Waals surface area contributed by atoms with Gasteiger partial charge in [-0.1, -0.05) is 0 Å². The molecule has 1 fully saturated rings. The Morgan fingerprint density at radius 1 is 1.08 bits per heavy atom. The van der Waals surface area contributed by atoms with Crippen molar-refractivity contribution in [3.8, 4) is 5.75 Å². The normalized spacial score (nSPS) is 21.3. The summed E-state index contributed by atoms with van der Waals surface area (Å²) in [5.74, 6) is -1.90. The molecule has 0 radical (unpaired) electrons. The summed E-state index contributed by atoms with van der Waals surface area (Å²) in [5.41, 5.74) is 0.164. The molecule has 2 aromatic carbocycles. The van der Waals surface area contributed by atoms with Crippen LogP contribution in [-0.4, -0.2) is 65.5 Å². The third-order valence-corrected chi connectivity index (χ3v) is 7.29. The fraction of sp³-hybridized carbons (Fsp3) is 0.500. The Bertz CT molecular complexity index is 1260. The molecule has 9 heteroatoms. The van der Waals surface area contributed by atoms with Crippen molar-refractivity contribution in [2.45, 2.75) is 57.5 Å². The van der Waals surface area contributed by atoms with Gasteiger partial charge in [-0.05, 0) is 57.4 Å². The second-order valence-corrected chi connectivity index (χ2v) is 10.9. The molecule has 2 aliphatic rings. The number of rotatable bonds is 8. The number of likely N-dealkylation sites (tertiary alicyclic amines) is 1. The Balaban J connectivity index is 1.51. The molecule has 1 N–H and O–H groups in total. The van der Waals surface area contributed by atoms with Gasteiger partial charge in [0.05, 0.1) is 12.7 Å². The Hall–Kier alpha value is -2.65. The van der Waals surface area contributed by atoms with E-state index >= 15 is 8.78 Å². The zero-order valence-corrected chi connectivity index (χ0v) is 21.3. The van der Waals surface area contributed by atoms with E-state index in [0.29, 0.717) is 49.1 Å². The van der Waals surface area contributed by atoms with E-state index < -0.39 is 29.2 Å². The number of halogens is 5. The second-order valence-electron chi connectivity index (χ2n) is 10.9. The van der Waals surface area contributed by atoms with E-state index in [1.807, 2.05) is 11.8 Å². The third kappa shape index (κ3) is 5.21. The highest BCUT2D eigenvalue weighted by molar-refractivity contribution is 5.85. The van der Waals surface area contributed by atoms with Crippen molar-refractivity contribution in [1.29, 1.82) is 0 Å². The highest BCUT2D eigenvalue weighted by atomic mass is 19.2. The van der Waals surface area contributed by atoms with E-state index in [1.54, 1.807) is 11.0 Å². The number of ether oxygens (including phenoxy) is 1. The van der Waals surface area contributed by atoms with Crippen molar-refractivity contribution >= 4 is 10.9 Å². The Kier molecular flexibility index (Phi) is 6.96. The molecule has 2 aliphatic heterocycles. The minimum atomic E-state index is -1.61. The summed E-state index contributed by atoms with van der Waals surface area (Å²) in [6.07, 6.45) is 0.702. The van der Waals surface area contributed by atoms with Crippen molar-refractivity contribution < 1.29 is 26.7 Å². The highest BCUT2D eigenvalue weighted by Gasteiger charge is 2.41. The van der Waals surface area contributed by atoms with E-state index in [4.69, 9.17) is 4.74 Å². The van der Waals surface area contributed by atoms with Crippen molar-refractivity contribution in [1.82, 2.24) is 14.8 Å². The van der Waals surface area contributed by atoms with Gasteiger partial charge in [0.2, 0.25) is 0 Å². The monoisotopic (exact) mass is 521 g/mol. The second kappa shape index (κ2) is 9.91. The number of hydrogen-bond donors (Lipinski definition) is 1. The molecule has 3 heterocycles. The maximum atomic E-state index is 15.7. The molecule has 0 unspecified atom stereocenters. The number of fused-ring (bicyclic) bond motifs is 3. The first-order valence-electron chi connectivity index (χ1n) is 12.7. The van der Waals surface area contributed by atoms with Crippen LogP contribution in [-0.2, 0) is 6.42 Å². The van der Waals surface area contributed by atoms with Crippen molar-refractivity contribution in [2.75, 3.05) is 32.9 Å². The lowest BCUT2D eigenvalue weighted by atomic mass is 9.87. The van der Waals surface area contributed by atoms with Gasteiger partial charge in [0.1, 0.15) is 35.0 Å². The molecule has 4 nitrogen and oxygen atoms in total. The van der Waals surface area contributed by atoms with E-state index in [0.717, 1.165) is 5.56 Å². The minimum Gasteiger partial charge on any atom is -0.488 e. The van der Waals surface area contributed by atoms with Crippen LogP contribution in [0.25, 0.3) is 10.9 Å². The van der Waals surface area contributed by atoms with Crippen LogP contribution < -0.4 is 4.74 Å². The molecule has 2 atom stereocenters. The maximum Gasteiger partial charge on any atom is 0.135 e. The Morgan fingerprint density at radius 2 is 1.78 bits per heavy atom. The number of benzene rings is 2. The first-order chi connectivity index (χ1) is 17.5. The van der Waals surface area contributed by atoms with Crippen LogP contribution in [0.3, 0.4) is 0 Å². The molecule has 1 aromatic heterocycles. The average molecular weight is 522 g/mol. The molecule has 0 saturated carbocycles. The fourth-order valence-corrected chi connectivity index (χ4v) is 5.66. The van der Waals surface area contributed by atoms with Gasteiger partial charge in [-0.15, -0.1) is 0 Å². The first kappa shape index (κ1) is 26.0. The molecule has 37 heavy (non-hydrogen) atoms. The number of H-pyrrole nitrogens is 1. The van der Waals surface area contributed by atoms with Crippen LogP contribution in [0.5, 0.6) is 5.75 Å². The average Bonchev–Trinajstić information content (AvgIpc) is 3.13. The van der Waals surface area contributed by atoms with Crippen molar-refractivity contribution in [2.24, 2.45) is 0 Å². The summed E-state index contributed by atoms with van der Waals surface area (Å²) in [5, 5.41) is 0.661. The topological polar surface area (TPSA) is 31.5 Å².